The molecular weight excluding hydrogens is 889 g/mol. The molecule has 4 aromatic carbocycles. The molecule has 6 rings (SSSR count). The van der Waals surface area contributed by atoms with Gasteiger partial charge in [-0.2, -0.15) is 0 Å². The molecule has 2 amide bonds. The van der Waals surface area contributed by atoms with Crippen molar-refractivity contribution in [1.82, 2.24) is 9.80 Å². The standard InChI is InChI=1S/C23H27NO4.C17H16BrNO2.C6H11O2.ClH.Zn/c1-23(2,3)28-21(25)14-17-7-10-20-18(13-17)11-12-24(22(20)26)15-16-5-8-19(27-4)9-6-16;1-21-15-5-2-12(3-6-15)11-19-9-8-13-10-14(18)4-7-16(13)17(19)20;1-5(7)8-6(2,3)4;;/h5-10,13H,11-12,14-15H2,1-4H3;2-7,10H,8-9,11H2,1H3;1H2,2-4H3;1H;/q;;-1;;+2/p-1. The van der Waals surface area contributed by atoms with Crippen LogP contribution in [0, 0.1) is 6.92 Å². The van der Waals surface area contributed by atoms with Gasteiger partial charge in [0, 0.05) is 41.8 Å². The quantitative estimate of drug-likeness (QED) is 0.0977. The number of esters is 2. The van der Waals surface area contributed by atoms with Crippen LogP contribution in [0.15, 0.2) is 89.4 Å². The van der Waals surface area contributed by atoms with Gasteiger partial charge in [-0.25, -0.2) is 0 Å². The third-order valence-corrected chi connectivity index (χ3v) is 9.32. The van der Waals surface area contributed by atoms with Gasteiger partial charge >= 0.3 is 33.0 Å². The third kappa shape index (κ3) is 16.3. The Morgan fingerprint density at radius 2 is 1.07 bits per heavy atom. The third-order valence-electron chi connectivity index (χ3n) is 8.83. The second-order valence-corrected chi connectivity index (χ2v) is 16.7. The summed E-state index contributed by atoms with van der Waals surface area (Å²) in [6.07, 6.45) is 1.89. The topological polar surface area (TPSA) is 112 Å². The van der Waals surface area contributed by atoms with Gasteiger partial charge in [-0.05, 0) is 131 Å². The number of halogens is 2. The molecule has 0 saturated heterocycles. The summed E-state index contributed by atoms with van der Waals surface area (Å²) in [7, 11) is 8.05. The molecule has 2 heterocycles. The number of methoxy groups -OCH3 is 2. The number of benzene rings is 4. The van der Waals surface area contributed by atoms with Gasteiger partial charge < -0.3 is 28.7 Å². The fourth-order valence-electron chi connectivity index (χ4n) is 6.30. The number of hydrogen-bond donors (Lipinski definition) is 0. The molecule has 2 aliphatic rings. The number of nitrogens with zero attached hydrogens (tertiary/aromatic N) is 2. The van der Waals surface area contributed by atoms with Crippen LogP contribution in [0.4, 0.5) is 0 Å². The summed E-state index contributed by atoms with van der Waals surface area (Å²) in [5.74, 6) is 1.05. The van der Waals surface area contributed by atoms with Crippen molar-refractivity contribution in [3.63, 3.8) is 0 Å². The summed E-state index contributed by atoms with van der Waals surface area (Å²) in [6, 6.07) is 27.1. The van der Waals surface area contributed by atoms with E-state index in [1.165, 1.54) is 0 Å². The molecule has 0 unspecified atom stereocenters. The van der Waals surface area contributed by atoms with Crippen LogP contribution in [-0.4, -0.2) is 72.1 Å². The van der Waals surface area contributed by atoms with Gasteiger partial charge in [0.25, 0.3) is 11.8 Å². The van der Waals surface area contributed by atoms with E-state index in [0.29, 0.717) is 25.2 Å². The summed E-state index contributed by atoms with van der Waals surface area (Å²) in [4.78, 5) is 51.4. The Balaban J connectivity index is 0.000000263. The van der Waals surface area contributed by atoms with Gasteiger partial charge in [0.05, 0.1) is 20.6 Å². The zero-order valence-electron chi connectivity index (χ0n) is 35.4. The van der Waals surface area contributed by atoms with Gasteiger partial charge in [-0.3, -0.25) is 26.1 Å². The van der Waals surface area contributed by atoms with Crippen molar-refractivity contribution < 1.29 is 55.4 Å². The fraction of sp³-hybridized carbons (Fsp3) is 0.370. The van der Waals surface area contributed by atoms with Crippen molar-refractivity contribution in [2.24, 2.45) is 0 Å². The fourth-order valence-corrected chi connectivity index (χ4v) is 6.70. The number of rotatable bonds is 8. The first-order valence-corrected chi connectivity index (χ1v) is 23.8. The van der Waals surface area contributed by atoms with Gasteiger partial charge in [-0.1, -0.05) is 52.3 Å². The summed E-state index contributed by atoms with van der Waals surface area (Å²) in [6.45, 7) is 16.7. The van der Waals surface area contributed by atoms with Crippen molar-refractivity contribution in [3.05, 3.63) is 135 Å². The number of carbonyl (C=O) groups excluding carboxylic acids is 4. The average Bonchev–Trinajstić information content (AvgIpc) is 3.17. The minimum absolute atomic E-state index is 0.0286. The maximum atomic E-state index is 12.9. The van der Waals surface area contributed by atoms with Crippen LogP contribution in [0.1, 0.15) is 90.1 Å². The predicted octanol–water partition coefficient (Wildman–Crippen LogP) is 9.28. The van der Waals surface area contributed by atoms with E-state index < -0.39 is 17.2 Å². The second kappa shape index (κ2) is 22.8. The predicted molar refractivity (Wildman–Crippen MR) is 230 cm³/mol. The summed E-state index contributed by atoms with van der Waals surface area (Å²) < 4.78 is 21.4. The summed E-state index contributed by atoms with van der Waals surface area (Å²) in [5.41, 5.74) is 5.83. The molecule has 0 aromatic heterocycles. The minimum atomic E-state index is -0.497. The molecule has 4 aromatic rings. The van der Waals surface area contributed by atoms with Crippen molar-refractivity contribution in [2.45, 2.75) is 85.1 Å². The van der Waals surface area contributed by atoms with E-state index in [4.69, 9.17) is 23.9 Å². The first kappa shape index (κ1) is 49.0. The average molecular weight is 944 g/mol. The first-order chi connectivity index (χ1) is 27.8. The molecule has 0 bridgehead atoms. The van der Waals surface area contributed by atoms with Crippen LogP contribution in [-0.2, 0) is 68.7 Å². The van der Waals surface area contributed by atoms with Crippen LogP contribution in [0.25, 0.3) is 0 Å². The summed E-state index contributed by atoms with van der Waals surface area (Å²) >= 11 is 4.30. The van der Waals surface area contributed by atoms with Crippen molar-refractivity contribution >= 4 is 49.4 Å². The first-order valence-electron chi connectivity index (χ1n) is 19.1. The molecular formula is C46H54BrClN2O8Zn. The molecule has 0 atom stereocenters. The monoisotopic (exact) mass is 940 g/mol. The molecule has 0 radical (unpaired) electrons. The normalized spacial score (nSPS) is 13.2. The Morgan fingerprint density at radius 3 is 1.46 bits per heavy atom. The van der Waals surface area contributed by atoms with Gasteiger partial charge in [0.2, 0.25) is 0 Å². The van der Waals surface area contributed by atoms with Gasteiger partial charge in [0.15, 0.2) is 5.97 Å². The Hall–Kier alpha value is -4.38. The van der Waals surface area contributed by atoms with E-state index >= 15 is 0 Å². The van der Waals surface area contributed by atoms with Crippen LogP contribution >= 0.6 is 25.6 Å². The Morgan fingerprint density at radius 1 is 0.661 bits per heavy atom. The molecule has 0 N–H and O–H groups in total. The number of hydrogen-bond acceptors (Lipinski definition) is 8. The zero-order valence-corrected chi connectivity index (χ0v) is 40.7. The van der Waals surface area contributed by atoms with Crippen molar-refractivity contribution in [1.29, 1.82) is 0 Å². The second-order valence-electron chi connectivity index (χ2n) is 15.8. The van der Waals surface area contributed by atoms with E-state index in [2.05, 4.69) is 27.6 Å². The van der Waals surface area contributed by atoms with Gasteiger partial charge in [0.1, 0.15) is 22.7 Å². The molecule has 0 aliphatic carbocycles. The van der Waals surface area contributed by atoms with Crippen LogP contribution < -0.4 is 9.47 Å². The number of ether oxygens (including phenoxy) is 4. The molecule has 312 valence electrons. The Kier molecular flexibility index (Phi) is 19.0. The molecule has 10 nitrogen and oxygen atoms in total. The van der Waals surface area contributed by atoms with Crippen molar-refractivity contribution in [3.8, 4) is 11.5 Å². The van der Waals surface area contributed by atoms with E-state index in [-0.39, 0.29) is 24.2 Å². The Bertz CT molecular complexity index is 2030. The number of fused-ring (bicyclic) bond motifs is 2. The van der Waals surface area contributed by atoms with Crippen molar-refractivity contribution in [2.75, 3.05) is 27.3 Å². The zero-order chi connectivity index (χ0) is 43.9. The van der Waals surface area contributed by atoms with E-state index in [1.807, 2.05) is 116 Å². The maximum absolute atomic E-state index is 12.9. The van der Waals surface area contributed by atoms with Crippen LogP contribution in [0.5, 0.6) is 11.5 Å². The number of carbonyl (C=O) groups is 4. The number of amides is 2. The van der Waals surface area contributed by atoms with E-state index in [9.17, 15) is 19.2 Å². The molecule has 59 heavy (non-hydrogen) atoms. The van der Waals surface area contributed by atoms with Gasteiger partial charge in [-0.15, -0.1) is 0 Å². The van der Waals surface area contributed by atoms with Crippen LogP contribution in [0.3, 0.4) is 0 Å². The van der Waals surface area contributed by atoms with E-state index in [0.717, 1.165) is 86.1 Å². The molecule has 0 spiro atoms. The SMILES string of the molecule is COc1ccc(CN2CCc3cc(Br)ccc3C2=O)cc1.COc1ccc(CN2CCc3cc(CC(=O)OC(C)(C)C)ccc3C2=O)cc1.[CH2-]C(=O)OC(C)(C)C.[Cl][Zn+]. The van der Waals surface area contributed by atoms with Crippen LogP contribution in [0.2, 0.25) is 0 Å². The molecule has 13 heteroatoms. The van der Waals surface area contributed by atoms with E-state index in [1.54, 1.807) is 35.0 Å². The molecule has 0 saturated carbocycles. The Labute approximate surface area is 371 Å². The molecule has 0 fully saturated rings. The summed E-state index contributed by atoms with van der Waals surface area (Å²) in [5, 5.41) is 0. The molecule has 2 aliphatic heterocycles.